The standard InChI is InChI=1S/C17H21ClOSi/c1-13-11-15(18)7-10-17(13)19-12-14-5-8-16(9-6-14)20(2,3)4/h5-11H,12H2,1-4H3. The highest BCUT2D eigenvalue weighted by atomic mass is 35.5. The van der Waals surface area contributed by atoms with Crippen molar-refractivity contribution in [2.24, 2.45) is 0 Å². The molecule has 0 saturated heterocycles. The molecule has 2 rings (SSSR count). The summed E-state index contributed by atoms with van der Waals surface area (Å²) in [6, 6.07) is 14.5. The van der Waals surface area contributed by atoms with E-state index in [9.17, 15) is 0 Å². The Kier molecular flexibility index (Phi) is 4.56. The van der Waals surface area contributed by atoms with Gasteiger partial charge in [0.1, 0.15) is 12.4 Å². The normalized spacial score (nSPS) is 11.4. The minimum Gasteiger partial charge on any atom is -0.489 e. The third-order valence-corrected chi connectivity index (χ3v) is 5.65. The maximum absolute atomic E-state index is 5.94. The van der Waals surface area contributed by atoms with Gasteiger partial charge in [-0.3, -0.25) is 0 Å². The van der Waals surface area contributed by atoms with Crippen LogP contribution in [0.3, 0.4) is 0 Å². The van der Waals surface area contributed by atoms with E-state index in [1.54, 1.807) is 0 Å². The average Bonchev–Trinajstić information content (AvgIpc) is 2.37. The van der Waals surface area contributed by atoms with Crippen LogP contribution in [0, 0.1) is 6.92 Å². The Morgan fingerprint density at radius 3 is 2.20 bits per heavy atom. The first kappa shape index (κ1) is 15.1. The van der Waals surface area contributed by atoms with Gasteiger partial charge in [0.2, 0.25) is 0 Å². The van der Waals surface area contributed by atoms with Gasteiger partial charge in [-0.05, 0) is 36.2 Å². The molecule has 106 valence electrons. The predicted octanol–water partition coefficient (Wildman–Crippen LogP) is 4.77. The lowest BCUT2D eigenvalue weighted by Gasteiger charge is -2.17. The fourth-order valence-corrected chi connectivity index (χ4v) is 3.43. The molecule has 2 aromatic rings. The molecule has 0 N–H and O–H groups in total. The van der Waals surface area contributed by atoms with Crippen LogP contribution in [-0.4, -0.2) is 8.07 Å². The van der Waals surface area contributed by atoms with Crippen molar-refractivity contribution in [3.8, 4) is 5.75 Å². The first-order valence-corrected chi connectivity index (χ1v) is 10.7. The molecule has 20 heavy (non-hydrogen) atoms. The number of aryl methyl sites for hydroxylation is 1. The molecular formula is C17H21ClOSi. The van der Waals surface area contributed by atoms with Crippen LogP contribution in [0.15, 0.2) is 42.5 Å². The highest BCUT2D eigenvalue weighted by molar-refractivity contribution is 6.88. The Hall–Kier alpha value is -1.25. The van der Waals surface area contributed by atoms with E-state index in [0.717, 1.165) is 16.3 Å². The number of hydrogen-bond acceptors (Lipinski definition) is 1. The highest BCUT2D eigenvalue weighted by Gasteiger charge is 2.15. The largest absolute Gasteiger partial charge is 0.489 e. The van der Waals surface area contributed by atoms with Crippen LogP contribution < -0.4 is 9.92 Å². The summed E-state index contributed by atoms with van der Waals surface area (Å²) >= 11 is 5.94. The fourth-order valence-electron chi connectivity index (χ4n) is 2.04. The van der Waals surface area contributed by atoms with Crippen LogP contribution in [0.4, 0.5) is 0 Å². The lowest BCUT2D eigenvalue weighted by molar-refractivity contribution is 0.304. The van der Waals surface area contributed by atoms with Crippen LogP contribution in [0.5, 0.6) is 5.75 Å². The zero-order valence-corrected chi connectivity index (χ0v) is 14.3. The van der Waals surface area contributed by atoms with Crippen molar-refractivity contribution in [3.05, 3.63) is 58.6 Å². The molecule has 0 radical (unpaired) electrons. The molecule has 0 fully saturated rings. The second kappa shape index (κ2) is 6.02. The van der Waals surface area contributed by atoms with Gasteiger partial charge in [-0.15, -0.1) is 0 Å². The summed E-state index contributed by atoms with van der Waals surface area (Å²) in [4.78, 5) is 0. The molecule has 0 heterocycles. The molecule has 0 aliphatic heterocycles. The van der Waals surface area contributed by atoms with Crippen LogP contribution in [0.2, 0.25) is 24.7 Å². The third kappa shape index (κ3) is 3.87. The molecule has 0 bridgehead atoms. The molecule has 2 aromatic carbocycles. The molecular weight excluding hydrogens is 284 g/mol. The van der Waals surface area contributed by atoms with E-state index in [4.69, 9.17) is 16.3 Å². The van der Waals surface area contributed by atoms with Crippen molar-refractivity contribution in [1.29, 1.82) is 0 Å². The summed E-state index contributed by atoms with van der Waals surface area (Å²) in [5.41, 5.74) is 2.26. The Balaban J connectivity index is 2.04. The first-order valence-electron chi connectivity index (χ1n) is 6.84. The topological polar surface area (TPSA) is 9.23 Å². The number of hydrogen-bond donors (Lipinski definition) is 0. The van der Waals surface area contributed by atoms with Crippen LogP contribution in [0.1, 0.15) is 11.1 Å². The van der Waals surface area contributed by atoms with Gasteiger partial charge in [0, 0.05) is 5.02 Å². The van der Waals surface area contributed by atoms with Crippen molar-refractivity contribution >= 4 is 24.9 Å². The van der Waals surface area contributed by atoms with E-state index in [1.165, 1.54) is 10.8 Å². The van der Waals surface area contributed by atoms with Crippen LogP contribution in [-0.2, 0) is 6.61 Å². The van der Waals surface area contributed by atoms with Gasteiger partial charge in [-0.25, -0.2) is 0 Å². The van der Waals surface area contributed by atoms with Crippen molar-refractivity contribution in [2.45, 2.75) is 33.2 Å². The summed E-state index contributed by atoms with van der Waals surface area (Å²) < 4.78 is 5.86. The maximum Gasteiger partial charge on any atom is 0.122 e. The Bertz CT molecular complexity index is 585. The number of halogens is 1. The minimum atomic E-state index is -1.21. The van der Waals surface area contributed by atoms with Crippen molar-refractivity contribution < 1.29 is 4.74 Å². The monoisotopic (exact) mass is 304 g/mol. The molecule has 0 aromatic heterocycles. The summed E-state index contributed by atoms with van der Waals surface area (Å²) in [6.07, 6.45) is 0. The predicted molar refractivity (Wildman–Crippen MR) is 89.9 cm³/mol. The second-order valence-electron chi connectivity index (χ2n) is 6.15. The Morgan fingerprint density at radius 2 is 1.65 bits per heavy atom. The number of ether oxygens (including phenoxy) is 1. The van der Waals surface area contributed by atoms with Gasteiger partial charge in [0.15, 0.2) is 0 Å². The summed E-state index contributed by atoms with van der Waals surface area (Å²) in [6.45, 7) is 9.67. The van der Waals surface area contributed by atoms with Gasteiger partial charge in [0.05, 0.1) is 8.07 Å². The quantitative estimate of drug-likeness (QED) is 0.739. The molecule has 0 spiro atoms. The number of rotatable bonds is 4. The van der Waals surface area contributed by atoms with Gasteiger partial charge >= 0.3 is 0 Å². The van der Waals surface area contributed by atoms with Crippen LogP contribution in [0.25, 0.3) is 0 Å². The second-order valence-corrected chi connectivity index (χ2v) is 11.7. The summed E-state index contributed by atoms with van der Waals surface area (Å²) in [5, 5.41) is 2.22. The summed E-state index contributed by atoms with van der Waals surface area (Å²) in [5.74, 6) is 0.892. The number of benzene rings is 2. The molecule has 0 aliphatic rings. The minimum absolute atomic E-state index is 0.592. The lowest BCUT2D eigenvalue weighted by atomic mass is 10.2. The van der Waals surface area contributed by atoms with Crippen molar-refractivity contribution in [1.82, 2.24) is 0 Å². The van der Waals surface area contributed by atoms with E-state index >= 15 is 0 Å². The SMILES string of the molecule is Cc1cc(Cl)ccc1OCc1ccc([Si](C)(C)C)cc1. The summed E-state index contributed by atoms with van der Waals surface area (Å²) in [7, 11) is -1.21. The fraction of sp³-hybridized carbons (Fsp3) is 0.294. The van der Waals surface area contributed by atoms with E-state index in [-0.39, 0.29) is 0 Å². The first-order chi connectivity index (χ1) is 9.36. The van der Waals surface area contributed by atoms with Crippen molar-refractivity contribution in [3.63, 3.8) is 0 Å². The average molecular weight is 305 g/mol. The lowest BCUT2D eigenvalue weighted by Crippen LogP contribution is -2.37. The van der Waals surface area contributed by atoms with E-state index in [0.29, 0.717) is 6.61 Å². The molecule has 0 saturated carbocycles. The third-order valence-electron chi connectivity index (χ3n) is 3.35. The zero-order valence-electron chi connectivity index (χ0n) is 12.5. The Morgan fingerprint density at radius 1 is 1.00 bits per heavy atom. The maximum atomic E-state index is 5.94. The molecule has 0 unspecified atom stereocenters. The van der Waals surface area contributed by atoms with Gasteiger partial charge in [-0.2, -0.15) is 0 Å². The van der Waals surface area contributed by atoms with E-state index in [1.807, 2.05) is 25.1 Å². The van der Waals surface area contributed by atoms with E-state index < -0.39 is 8.07 Å². The molecule has 3 heteroatoms. The van der Waals surface area contributed by atoms with Gasteiger partial charge in [-0.1, -0.05) is 60.7 Å². The molecule has 0 atom stereocenters. The van der Waals surface area contributed by atoms with E-state index in [2.05, 4.69) is 43.9 Å². The van der Waals surface area contributed by atoms with Crippen LogP contribution >= 0.6 is 11.6 Å². The molecule has 0 amide bonds. The Labute approximate surface area is 127 Å². The smallest absolute Gasteiger partial charge is 0.122 e. The molecule has 0 aliphatic carbocycles. The van der Waals surface area contributed by atoms with Gasteiger partial charge in [0.25, 0.3) is 0 Å². The van der Waals surface area contributed by atoms with Crippen molar-refractivity contribution in [2.75, 3.05) is 0 Å². The highest BCUT2D eigenvalue weighted by Crippen LogP contribution is 2.22. The van der Waals surface area contributed by atoms with Gasteiger partial charge < -0.3 is 4.74 Å². The molecule has 1 nitrogen and oxygen atoms in total. The zero-order chi connectivity index (χ0) is 14.8.